The van der Waals surface area contributed by atoms with E-state index in [1.165, 1.54) is 5.57 Å². The lowest BCUT2D eigenvalue weighted by atomic mass is 10.1. The molecule has 0 aromatic carbocycles. The first-order valence-electron chi connectivity index (χ1n) is 6.77. The SMILES string of the molecule is C=C1COC(CCC(OCCC)OCCC)C1. The molecule has 0 saturated carbocycles. The van der Waals surface area contributed by atoms with E-state index in [-0.39, 0.29) is 6.29 Å². The van der Waals surface area contributed by atoms with E-state index in [4.69, 9.17) is 14.2 Å². The highest BCUT2D eigenvalue weighted by atomic mass is 16.7. The number of ether oxygens (including phenoxy) is 3. The summed E-state index contributed by atoms with van der Waals surface area (Å²) in [5.74, 6) is 0. The Balaban J connectivity index is 2.19. The molecule has 1 aliphatic rings. The molecule has 0 N–H and O–H groups in total. The minimum absolute atomic E-state index is 0.0626. The van der Waals surface area contributed by atoms with Gasteiger partial charge in [-0.1, -0.05) is 20.4 Å². The molecular formula is C14H26O3. The van der Waals surface area contributed by atoms with Gasteiger partial charge in [-0.2, -0.15) is 0 Å². The fraction of sp³-hybridized carbons (Fsp3) is 0.857. The zero-order valence-corrected chi connectivity index (χ0v) is 11.2. The van der Waals surface area contributed by atoms with Gasteiger partial charge in [0.2, 0.25) is 0 Å². The number of hydrogen-bond acceptors (Lipinski definition) is 3. The second kappa shape index (κ2) is 8.67. The van der Waals surface area contributed by atoms with Gasteiger partial charge in [0, 0.05) is 19.6 Å². The topological polar surface area (TPSA) is 27.7 Å². The number of hydrogen-bond donors (Lipinski definition) is 0. The first-order chi connectivity index (χ1) is 8.26. The Kier molecular flexibility index (Phi) is 7.49. The third-order valence-corrected chi connectivity index (χ3v) is 2.78. The van der Waals surface area contributed by atoms with Crippen LogP contribution >= 0.6 is 0 Å². The molecule has 1 heterocycles. The van der Waals surface area contributed by atoms with Gasteiger partial charge in [-0.25, -0.2) is 0 Å². The Morgan fingerprint density at radius 3 is 2.41 bits per heavy atom. The van der Waals surface area contributed by atoms with Crippen LogP contribution in [0.2, 0.25) is 0 Å². The lowest BCUT2D eigenvalue weighted by Crippen LogP contribution is -2.20. The summed E-state index contributed by atoms with van der Waals surface area (Å²) in [5.41, 5.74) is 1.20. The molecule has 0 aromatic rings. The van der Waals surface area contributed by atoms with E-state index in [9.17, 15) is 0 Å². The molecule has 3 nitrogen and oxygen atoms in total. The first kappa shape index (κ1) is 14.7. The van der Waals surface area contributed by atoms with Crippen molar-refractivity contribution in [1.82, 2.24) is 0 Å². The molecule has 0 spiro atoms. The van der Waals surface area contributed by atoms with Crippen molar-refractivity contribution in [3.05, 3.63) is 12.2 Å². The van der Waals surface area contributed by atoms with Gasteiger partial charge in [-0.05, 0) is 31.3 Å². The Labute approximate surface area is 105 Å². The zero-order valence-electron chi connectivity index (χ0n) is 11.2. The van der Waals surface area contributed by atoms with Crippen molar-refractivity contribution in [2.24, 2.45) is 0 Å². The molecule has 0 amide bonds. The quantitative estimate of drug-likeness (QED) is 0.458. The van der Waals surface area contributed by atoms with Gasteiger partial charge in [0.25, 0.3) is 0 Å². The van der Waals surface area contributed by atoms with E-state index in [1.54, 1.807) is 0 Å². The average Bonchev–Trinajstić information content (AvgIpc) is 2.74. The van der Waals surface area contributed by atoms with Crippen LogP contribution in [0.4, 0.5) is 0 Å². The van der Waals surface area contributed by atoms with Gasteiger partial charge < -0.3 is 14.2 Å². The van der Waals surface area contributed by atoms with Gasteiger partial charge in [0.1, 0.15) is 0 Å². The highest BCUT2D eigenvalue weighted by molar-refractivity contribution is 5.01. The van der Waals surface area contributed by atoms with Crippen LogP contribution in [0.15, 0.2) is 12.2 Å². The maximum absolute atomic E-state index is 5.68. The minimum Gasteiger partial charge on any atom is -0.374 e. The highest BCUT2D eigenvalue weighted by Crippen LogP contribution is 2.22. The molecule has 3 heteroatoms. The van der Waals surface area contributed by atoms with E-state index in [1.807, 2.05) is 0 Å². The smallest absolute Gasteiger partial charge is 0.157 e. The monoisotopic (exact) mass is 242 g/mol. The van der Waals surface area contributed by atoms with Gasteiger partial charge in [-0.3, -0.25) is 0 Å². The van der Waals surface area contributed by atoms with E-state index < -0.39 is 0 Å². The van der Waals surface area contributed by atoms with Gasteiger partial charge in [0.15, 0.2) is 6.29 Å². The zero-order chi connectivity index (χ0) is 12.5. The molecule has 1 unspecified atom stereocenters. The Hall–Kier alpha value is -0.380. The molecule has 0 aliphatic carbocycles. The molecule has 1 fully saturated rings. The van der Waals surface area contributed by atoms with E-state index in [0.717, 1.165) is 51.9 Å². The van der Waals surface area contributed by atoms with Crippen molar-refractivity contribution in [2.45, 2.75) is 58.3 Å². The predicted molar refractivity (Wildman–Crippen MR) is 69.0 cm³/mol. The maximum Gasteiger partial charge on any atom is 0.157 e. The standard InChI is InChI=1S/C14H26O3/c1-4-8-15-14(16-9-5-2)7-6-13-10-12(3)11-17-13/h13-14H,3-11H2,1-2H3. The Morgan fingerprint density at radius 2 is 1.94 bits per heavy atom. The van der Waals surface area contributed by atoms with Crippen LogP contribution in [0, 0.1) is 0 Å². The lowest BCUT2D eigenvalue weighted by molar-refractivity contribution is -0.149. The first-order valence-corrected chi connectivity index (χ1v) is 6.77. The molecule has 0 bridgehead atoms. The van der Waals surface area contributed by atoms with E-state index in [0.29, 0.717) is 6.10 Å². The maximum atomic E-state index is 5.68. The molecule has 1 rings (SSSR count). The molecular weight excluding hydrogens is 216 g/mol. The summed E-state index contributed by atoms with van der Waals surface area (Å²) < 4.78 is 17.0. The largest absolute Gasteiger partial charge is 0.374 e. The summed E-state index contributed by atoms with van der Waals surface area (Å²) >= 11 is 0. The Morgan fingerprint density at radius 1 is 1.29 bits per heavy atom. The highest BCUT2D eigenvalue weighted by Gasteiger charge is 2.20. The summed E-state index contributed by atoms with van der Waals surface area (Å²) in [6.07, 6.45) is 5.22. The van der Waals surface area contributed by atoms with Crippen LogP contribution in [0.5, 0.6) is 0 Å². The molecule has 0 aromatic heterocycles. The molecule has 1 saturated heterocycles. The second-order valence-electron chi connectivity index (χ2n) is 4.64. The van der Waals surface area contributed by atoms with Gasteiger partial charge >= 0.3 is 0 Å². The van der Waals surface area contributed by atoms with Crippen LogP contribution < -0.4 is 0 Å². The molecule has 1 atom stereocenters. The summed E-state index contributed by atoms with van der Waals surface area (Å²) in [7, 11) is 0. The molecule has 1 aliphatic heterocycles. The molecule has 17 heavy (non-hydrogen) atoms. The summed E-state index contributed by atoms with van der Waals surface area (Å²) in [5, 5.41) is 0. The van der Waals surface area contributed by atoms with Gasteiger partial charge in [0.05, 0.1) is 12.7 Å². The summed E-state index contributed by atoms with van der Waals surface area (Å²) in [4.78, 5) is 0. The Bertz CT molecular complexity index is 208. The minimum atomic E-state index is -0.0626. The second-order valence-corrected chi connectivity index (χ2v) is 4.64. The van der Waals surface area contributed by atoms with Crippen LogP contribution in [-0.4, -0.2) is 32.2 Å². The van der Waals surface area contributed by atoms with E-state index in [2.05, 4.69) is 20.4 Å². The van der Waals surface area contributed by atoms with Crippen LogP contribution in [0.1, 0.15) is 46.0 Å². The van der Waals surface area contributed by atoms with Crippen molar-refractivity contribution >= 4 is 0 Å². The van der Waals surface area contributed by atoms with Crippen LogP contribution in [0.3, 0.4) is 0 Å². The number of rotatable bonds is 9. The van der Waals surface area contributed by atoms with Crippen LogP contribution in [-0.2, 0) is 14.2 Å². The van der Waals surface area contributed by atoms with Crippen molar-refractivity contribution in [3.8, 4) is 0 Å². The van der Waals surface area contributed by atoms with Crippen molar-refractivity contribution in [3.63, 3.8) is 0 Å². The third-order valence-electron chi connectivity index (χ3n) is 2.78. The lowest BCUT2D eigenvalue weighted by Gasteiger charge is -2.19. The van der Waals surface area contributed by atoms with Gasteiger partial charge in [-0.15, -0.1) is 0 Å². The molecule has 100 valence electrons. The van der Waals surface area contributed by atoms with Crippen LogP contribution in [0.25, 0.3) is 0 Å². The fourth-order valence-corrected chi connectivity index (χ4v) is 1.90. The normalized spacial score (nSPS) is 20.4. The third kappa shape index (κ3) is 6.20. The van der Waals surface area contributed by atoms with Crippen molar-refractivity contribution in [1.29, 1.82) is 0 Å². The molecule has 0 radical (unpaired) electrons. The van der Waals surface area contributed by atoms with Crippen molar-refractivity contribution < 1.29 is 14.2 Å². The fourth-order valence-electron chi connectivity index (χ4n) is 1.90. The van der Waals surface area contributed by atoms with Crippen molar-refractivity contribution in [2.75, 3.05) is 19.8 Å². The summed E-state index contributed by atoms with van der Waals surface area (Å²) in [6, 6.07) is 0. The van der Waals surface area contributed by atoms with E-state index >= 15 is 0 Å². The summed E-state index contributed by atoms with van der Waals surface area (Å²) in [6.45, 7) is 10.4. The average molecular weight is 242 g/mol. The predicted octanol–water partition coefficient (Wildman–Crippen LogP) is 3.29.